The molecule has 0 heterocycles. The average molecular weight is 282 g/mol. The summed E-state index contributed by atoms with van der Waals surface area (Å²) in [5.41, 5.74) is 9.68. The smallest absolute Gasteiger partial charge is 0.251 e. The summed E-state index contributed by atoms with van der Waals surface area (Å²) in [4.78, 5) is 12.3. The Hall–Kier alpha value is -2.13. The Labute approximate surface area is 126 Å². The summed E-state index contributed by atoms with van der Waals surface area (Å²) in [5, 5.41) is 3.04. The van der Waals surface area contributed by atoms with Crippen LogP contribution in [0.25, 0.3) is 0 Å². The molecule has 0 saturated carbocycles. The molecule has 0 aliphatic heterocycles. The van der Waals surface area contributed by atoms with E-state index >= 15 is 0 Å². The van der Waals surface area contributed by atoms with Crippen molar-refractivity contribution in [1.82, 2.24) is 5.32 Å². The van der Waals surface area contributed by atoms with Gasteiger partial charge in [-0.1, -0.05) is 36.4 Å². The van der Waals surface area contributed by atoms with Crippen molar-refractivity contribution in [3.8, 4) is 0 Å². The largest absolute Gasteiger partial charge is 0.346 e. The van der Waals surface area contributed by atoms with Gasteiger partial charge in [-0.2, -0.15) is 0 Å². The topological polar surface area (TPSA) is 55.1 Å². The average Bonchev–Trinajstić information content (AvgIpc) is 2.48. The third kappa shape index (κ3) is 3.92. The van der Waals surface area contributed by atoms with Crippen LogP contribution in [-0.2, 0) is 6.42 Å². The second-order valence-corrected chi connectivity index (χ2v) is 5.29. The standard InChI is InChI=1S/C18H22N2O/c1-13-5-3-4-6-17(13)14(2)20-18(21)16-9-7-15(8-10-16)11-12-19/h3-10,14H,11-12,19H2,1-2H3,(H,20,21). The lowest BCUT2D eigenvalue weighted by Gasteiger charge is -2.16. The van der Waals surface area contributed by atoms with Crippen molar-refractivity contribution < 1.29 is 4.79 Å². The highest BCUT2D eigenvalue weighted by molar-refractivity contribution is 5.94. The second kappa shape index (κ2) is 7.04. The highest BCUT2D eigenvalue weighted by Crippen LogP contribution is 2.17. The number of rotatable bonds is 5. The zero-order valence-corrected chi connectivity index (χ0v) is 12.6. The Kier molecular flexibility index (Phi) is 5.12. The minimum atomic E-state index is -0.0509. The first kappa shape index (κ1) is 15.3. The van der Waals surface area contributed by atoms with Crippen LogP contribution in [0.2, 0.25) is 0 Å². The van der Waals surface area contributed by atoms with Gasteiger partial charge in [0, 0.05) is 5.56 Å². The summed E-state index contributed by atoms with van der Waals surface area (Å²) in [6.07, 6.45) is 0.835. The predicted molar refractivity (Wildman–Crippen MR) is 86.3 cm³/mol. The van der Waals surface area contributed by atoms with E-state index in [1.54, 1.807) is 0 Å². The normalized spacial score (nSPS) is 12.0. The van der Waals surface area contributed by atoms with Gasteiger partial charge in [0.25, 0.3) is 5.91 Å². The number of hydrogen-bond donors (Lipinski definition) is 2. The molecule has 0 spiro atoms. The van der Waals surface area contributed by atoms with Crippen LogP contribution >= 0.6 is 0 Å². The molecule has 0 saturated heterocycles. The van der Waals surface area contributed by atoms with Gasteiger partial charge < -0.3 is 11.1 Å². The lowest BCUT2D eigenvalue weighted by Crippen LogP contribution is -2.27. The van der Waals surface area contributed by atoms with Crippen molar-refractivity contribution >= 4 is 5.91 Å². The van der Waals surface area contributed by atoms with Crippen LogP contribution in [0.15, 0.2) is 48.5 Å². The minimum Gasteiger partial charge on any atom is -0.346 e. The molecule has 2 aromatic carbocycles. The summed E-state index contributed by atoms with van der Waals surface area (Å²) in [7, 11) is 0. The highest BCUT2D eigenvalue weighted by atomic mass is 16.1. The van der Waals surface area contributed by atoms with E-state index in [0.717, 1.165) is 17.5 Å². The van der Waals surface area contributed by atoms with Gasteiger partial charge >= 0.3 is 0 Å². The molecule has 3 heteroatoms. The number of carbonyl (C=O) groups excluding carboxylic acids is 1. The van der Waals surface area contributed by atoms with Crippen LogP contribution in [0, 0.1) is 6.92 Å². The Morgan fingerprint density at radius 2 is 1.81 bits per heavy atom. The van der Waals surface area contributed by atoms with Crippen LogP contribution in [0.1, 0.15) is 40.0 Å². The fourth-order valence-electron chi connectivity index (χ4n) is 2.42. The van der Waals surface area contributed by atoms with Crippen LogP contribution in [0.3, 0.4) is 0 Å². The van der Waals surface area contributed by atoms with Gasteiger partial charge in [-0.05, 0) is 55.6 Å². The molecule has 110 valence electrons. The molecule has 0 bridgehead atoms. The fourth-order valence-corrected chi connectivity index (χ4v) is 2.42. The number of nitrogens with one attached hydrogen (secondary N) is 1. The number of aryl methyl sites for hydroxylation is 1. The Bertz CT molecular complexity index is 605. The Balaban J connectivity index is 2.05. The molecule has 1 unspecified atom stereocenters. The molecule has 2 aromatic rings. The van der Waals surface area contributed by atoms with Crippen molar-refractivity contribution in [2.45, 2.75) is 26.3 Å². The minimum absolute atomic E-state index is 0.0116. The van der Waals surface area contributed by atoms with Crippen LogP contribution in [0.4, 0.5) is 0 Å². The van der Waals surface area contributed by atoms with Crippen molar-refractivity contribution in [2.75, 3.05) is 6.54 Å². The van der Waals surface area contributed by atoms with Crippen LogP contribution in [-0.4, -0.2) is 12.5 Å². The third-order valence-corrected chi connectivity index (χ3v) is 3.65. The van der Waals surface area contributed by atoms with E-state index in [0.29, 0.717) is 12.1 Å². The zero-order valence-electron chi connectivity index (χ0n) is 12.6. The van der Waals surface area contributed by atoms with Gasteiger partial charge in [0.15, 0.2) is 0 Å². The SMILES string of the molecule is Cc1ccccc1C(C)NC(=O)c1ccc(CCN)cc1. The number of hydrogen-bond acceptors (Lipinski definition) is 2. The van der Waals surface area contributed by atoms with Crippen molar-refractivity contribution in [3.63, 3.8) is 0 Å². The first-order chi connectivity index (χ1) is 10.1. The molecule has 0 aromatic heterocycles. The molecule has 3 N–H and O–H groups in total. The molecule has 21 heavy (non-hydrogen) atoms. The molecule has 0 radical (unpaired) electrons. The Morgan fingerprint density at radius 3 is 2.43 bits per heavy atom. The molecule has 0 aliphatic carbocycles. The lowest BCUT2D eigenvalue weighted by molar-refractivity contribution is 0.0940. The third-order valence-electron chi connectivity index (χ3n) is 3.65. The molecule has 3 nitrogen and oxygen atoms in total. The lowest BCUT2D eigenvalue weighted by atomic mass is 10.0. The summed E-state index contributed by atoms with van der Waals surface area (Å²) < 4.78 is 0. The Morgan fingerprint density at radius 1 is 1.14 bits per heavy atom. The van der Waals surface area contributed by atoms with Crippen molar-refractivity contribution in [3.05, 3.63) is 70.8 Å². The predicted octanol–water partition coefficient (Wildman–Crippen LogP) is 2.99. The molecule has 1 amide bonds. The summed E-state index contributed by atoms with van der Waals surface area (Å²) in [5.74, 6) is -0.0509. The monoisotopic (exact) mass is 282 g/mol. The van der Waals surface area contributed by atoms with Gasteiger partial charge in [-0.15, -0.1) is 0 Å². The maximum Gasteiger partial charge on any atom is 0.251 e. The van der Waals surface area contributed by atoms with Crippen molar-refractivity contribution in [1.29, 1.82) is 0 Å². The van der Waals surface area contributed by atoms with Gasteiger partial charge in [0.2, 0.25) is 0 Å². The van der Waals surface area contributed by atoms with Gasteiger partial charge in [0.05, 0.1) is 6.04 Å². The van der Waals surface area contributed by atoms with E-state index < -0.39 is 0 Å². The number of nitrogens with two attached hydrogens (primary N) is 1. The van der Waals surface area contributed by atoms with E-state index in [1.807, 2.05) is 49.4 Å². The van der Waals surface area contributed by atoms with Gasteiger partial charge in [0.1, 0.15) is 0 Å². The number of amides is 1. The second-order valence-electron chi connectivity index (χ2n) is 5.29. The van der Waals surface area contributed by atoms with E-state index in [4.69, 9.17) is 5.73 Å². The van der Waals surface area contributed by atoms with E-state index in [1.165, 1.54) is 5.56 Å². The zero-order chi connectivity index (χ0) is 15.2. The summed E-state index contributed by atoms with van der Waals surface area (Å²) in [6.45, 7) is 4.68. The molecular weight excluding hydrogens is 260 g/mol. The van der Waals surface area contributed by atoms with E-state index in [-0.39, 0.29) is 11.9 Å². The molecular formula is C18H22N2O. The first-order valence-electron chi connectivity index (χ1n) is 7.27. The van der Waals surface area contributed by atoms with Gasteiger partial charge in [-0.3, -0.25) is 4.79 Å². The van der Waals surface area contributed by atoms with Crippen LogP contribution < -0.4 is 11.1 Å². The molecule has 2 rings (SSSR count). The number of carbonyl (C=O) groups is 1. The van der Waals surface area contributed by atoms with E-state index in [9.17, 15) is 4.79 Å². The molecule has 0 aliphatic rings. The summed E-state index contributed by atoms with van der Waals surface area (Å²) in [6, 6.07) is 15.7. The fraction of sp³-hybridized carbons (Fsp3) is 0.278. The number of benzene rings is 2. The maximum absolute atomic E-state index is 12.3. The molecule has 1 atom stereocenters. The van der Waals surface area contributed by atoms with Gasteiger partial charge in [-0.25, -0.2) is 0 Å². The first-order valence-corrected chi connectivity index (χ1v) is 7.27. The quantitative estimate of drug-likeness (QED) is 0.885. The summed E-state index contributed by atoms with van der Waals surface area (Å²) >= 11 is 0. The van der Waals surface area contributed by atoms with Crippen LogP contribution in [0.5, 0.6) is 0 Å². The van der Waals surface area contributed by atoms with Crippen molar-refractivity contribution in [2.24, 2.45) is 5.73 Å². The highest BCUT2D eigenvalue weighted by Gasteiger charge is 2.12. The maximum atomic E-state index is 12.3. The van der Waals surface area contributed by atoms with E-state index in [2.05, 4.69) is 18.3 Å². The molecule has 0 fully saturated rings.